The minimum atomic E-state index is -0.455. The third kappa shape index (κ3) is 10.2. The Hall–Kier alpha value is -2.80. The van der Waals surface area contributed by atoms with Crippen LogP contribution in [-0.4, -0.2) is 5.43 Å². The van der Waals surface area contributed by atoms with Gasteiger partial charge in [0.2, 0.25) is 0 Å². The zero-order valence-corrected chi connectivity index (χ0v) is 36.9. The Labute approximate surface area is 319 Å². The van der Waals surface area contributed by atoms with E-state index in [4.69, 9.17) is 0 Å². The monoisotopic (exact) mass is 754 g/mol. The zero-order valence-electron chi connectivity index (χ0n) is 33.4. The second kappa shape index (κ2) is 15.4. The molecule has 6 aromatic carbocycles. The Morgan fingerprint density at radius 2 is 0.700 bits per heavy atom. The SMILES string of the molecule is Cc1cc2cc(C(C)(C)C)c(C(C)(C)C)cc2[cH-]1.Cc1cc2cc(C(C)(C)C)c(C(C)(C)C)cc2[cH-]1.[Zr+2]=[Si](c1ccccc1)c1ccccc1. The predicted molar refractivity (Wildman–Crippen MR) is 221 cm³/mol. The summed E-state index contributed by atoms with van der Waals surface area (Å²) >= 11 is 1.64. The molecule has 0 aliphatic rings. The molecule has 0 aliphatic carbocycles. The van der Waals surface area contributed by atoms with Gasteiger partial charge < -0.3 is 0 Å². The average molecular weight is 756 g/mol. The normalized spacial score (nSPS) is 12.3. The molecule has 0 unspecified atom stereocenters. The molecule has 0 heterocycles. The first-order valence-corrected chi connectivity index (χ1v) is 23.4. The fourth-order valence-electron chi connectivity index (χ4n) is 6.69. The number of aryl methyl sites for hydroxylation is 2. The predicted octanol–water partition coefficient (Wildman–Crippen LogP) is 12.3. The summed E-state index contributed by atoms with van der Waals surface area (Å²) in [4.78, 5) is 0. The van der Waals surface area contributed by atoms with Gasteiger partial charge in [0.25, 0.3) is 0 Å². The minimum absolute atomic E-state index is 0.196. The number of benzene rings is 4. The fraction of sp³-hybridized carbons (Fsp3) is 0.375. The molecule has 0 fully saturated rings. The zero-order chi connectivity index (χ0) is 37.2. The Balaban J connectivity index is 0.000000170. The summed E-state index contributed by atoms with van der Waals surface area (Å²) in [6, 6.07) is 40.4. The van der Waals surface area contributed by atoms with Gasteiger partial charge in [0.05, 0.1) is 0 Å². The van der Waals surface area contributed by atoms with Crippen molar-refractivity contribution in [2.75, 3.05) is 0 Å². The summed E-state index contributed by atoms with van der Waals surface area (Å²) in [5, 5.41) is 8.55. The molecule has 0 bridgehead atoms. The molecule has 2 heteroatoms. The van der Waals surface area contributed by atoms with Gasteiger partial charge in [0.15, 0.2) is 0 Å². The molecular weight excluding hydrogens is 696 g/mol. The molecule has 0 nitrogen and oxygen atoms in total. The standard InChI is InChI=1S/2C18H25.C12H10Si.Zr/c2*1-12-8-13-10-15(17(2,3)4)16(18(5,6)7)11-14(13)9-12;1-3-7-11(8-4-1)13-12-9-5-2-6-10-12;/h2*8-11H,1-7H3;1-10H;/q2*-1;;+2. The van der Waals surface area contributed by atoms with Crippen molar-refractivity contribution in [1.29, 1.82) is 0 Å². The number of hydrogen-bond donors (Lipinski definition) is 0. The van der Waals surface area contributed by atoms with Crippen molar-refractivity contribution in [2.45, 2.75) is 119 Å². The van der Waals surface area contributed by atoms with Crippen LogP contribution in [0.4, 0.5) is 0 Å². The van der Waals surface area contributed by atoms with Crippen molar-refractivity contribution in [3.05, 3.63) is 143 Å². The second-order valence-corrected chi connectivity index (χ2v) is 23.8. The molecule has 0 saturated heterocycles. The van der Waals surface area contributed by atoms with E-state index in [0.29, 0.717) is 0 Å². The van der Waals surface area contributed by atoms with Crippen LogP contribution >= 0.6 is 0 Å². The van der Waals surface area contributed by atoms with Crippen LogP contribution in [0.2, 0.25) is 0 Å². The van der Waals surface area contributed by atoms with Crippen molar-refractivity contribution >= 4 is 37.4 Å². The summed E-state index contributed by atoms with van der Waals surface area (Å²) in [6.45, 7) is 32.0. The molecule has 0 radical (unpaired) electrons. The van der Waals surface area contributed by atoms with Gasteiger partial charge in [-0.1, -0.05) is 119 Å². The van der Waals surface area contributed by atoms with Gasteiger partial charge in [-0.15, -0.1) is 69.1 Å². The van der Waals surface area contributed by atoms with Crippen LogP contribution in [0.5, 0.6) is 0 Å². The third-order valence-corrected chi connectivity index (χ3v) is 15.4. The molecule has 0 spiro atoms. The van der Waals surface area contributed by atoms with Gasteiger partial charge in [-0.2, -0.15) is 12.1 Å². The number of rotatable bonds is 2. The average Bonchev–Trinajstić information content (AvgIpc) is 3.58. The van der Waals surface area contributed by atoms with Crippen molar-refractivity contribution in [2.24, 2.45) is 0 Å². The van der Waals surface area contributed by atoms with Gasteiger partial charge in [0, 0.05) is 0 Å². The molecule has 50 heavy (non-hydrogen) atoms. The van der Waals surface area contributed by atoms with Gasteiger partial charge in [-0.25, -0.2) is 0 Å². The Bertz CT molecular complexity index is 1790. The van der Waals surface area contributed by atoms with E-state index in [0.717, 1.165) is 0 Å². The Kier molecular flexibility index (Phi) is 12.3. The molecule has 0 saturated carbocycles. The van der Waals surface area contributed by atoms with Crippen molar-refractivity contribution in [3.63, 3.8) is 0 Å². The van der Waals surface area contributed by atoms with Gasteiger partial charge in [-0.05, 0) is 21.7 Å². The Morgan fingerprint density at radius 1 is 0.420 bits per heavy atom. The van der Waals surface area contributed by atoms with E-state index in [1.807, 2.05) is 0 Å². The first kappa shape index (κ1) is 40.0. The first-order valence-electron chi connectivity index (χ1n) is 18.2. The van der Waals surface area contributed by atoms with Crippen LogP contribution < -0.4 is 10.4 Å². The quantitative estimate of drug-likeness (QED) is 0.122. The van der Waals surface area contributed by atoms with Crippen molar-refractivity contribution in [1.82, 2.24) is 0 Å². The molecular formula is C48H60SiZr. The molecule has 0 aromatic heterocycles. The van der Waals surface area contributed by atoms with Crippen LogP contribution in [0.1, 0.15) is 116 Å². The van der Waals surface area contributed by atoms with Crippen LogP contribution in [-0.2, 0) is 45.0 Å². The topological polar surface area (TPSA) is 0 Å². The van der Waals surface area contributed by atoms with E-state index in [2.05, 4.69) is 206 Å². The van der Waals surface area contributed by atoms with Gasteiger partial charge in [0.1, 0.15) is 0 Å². The van der Waals surface area contributed by atoms with Gasteiger partial charge in [-0.3, -0.25) is 0 Å². The van der Waals surface area contributed by atoms with E-state index in [-0.39, 0.29) is 21.7 Å². The maximum atomic E-state index is 2.39. The van der Waals surface area contributed by atoms with E-state index >= 15 is 0 Å². The third-order valence-electron chi connectivity index (χ3n) is 9.34. The molecule has 0 N–H and O–H groups in total. The number of fused-ring (bicyclic) bond motifs is 2. The van der Waals surface area contributed by atoms with E-state index in [1.54, 1.807) is 23.3 Å². The van der Waals surface area contributed by atoms with Crippen LogP contribution in [0.3, 0.4) is 0 Å². The summed E-state index contributed by atoms with van der Waals surface area (Å²) < 4.78 is 0. The Morgan fingerprint density at radius 3 is 0.980 bits per heavy atom. The molecule has 0 amide bonds. The molecule has 0 atom stereocenters. The second-order valence-electron chi connectivity index (χ2n) is 18.2. The van der Waals surface area contributed by atoms with E-state index < -0.39 is 5.43 Å². The van der Waals surface area contributed by atoms with Crippen LogP contribution in [0, 0.1) is 13.8 Å². The summed E-state index contributed by atoms with van der Waals surface area (Å²) in [7, 11) is 0. The molecule has 260 valence electrons. The molecule has 6 rings (SSSR count). The molecule has 0 aliphatic heterocycles. The summed E-state index contributed by atoms with van der Waals surface area (Å²) in [5.41, 5.74) is 8.96. The summed E-state index contributed by atoms with van der Waals surface area (Å²) in [6.07, 6.45) is 0. The number of hydrogen-bond acceptors (Lipinski definition) is 0. The first-order chi connectivity index (χ1) is 23.1. The summed E-state index contributed by atoms with van der Waals surface area (Å²) in [5.74, 6) is 0. The van der Waals surface area contributed by atoms with Crippen LogP contribution in [0.15, 0.2) is 109 Å². The van der Waals surface area contributed by atoms with Crippen molar-refractivity contribution in [3.8, 4) is 0 Å². The van der Waals surface area contributed by atoms with E-state index in [9.17, 15) is 0 Å². The molecule has 6 aromatic rings. The van der Waals surface area contributed by atoms with Crippen molar-refractivity contribution < 1.29 is 23.3 Å². The maximum absolute atomic E-state index is 2.39. The van der Waals surface area contributed by atoms with Gasteiger partial charge >= 0.3 is 99.8 Å². The van der Waals surface area contributed by atoms with Crippen LogP contribution in [0.25, 0.3) is 21.5 Å². The fourth-order valence-corrected chi connectivity index (χ4v) is 10.5. The van der Waals surface area contributed by atoms with E-state index in [1.165, 1.54) is 65.3 Å².